The van der Waals surface area contributed by atoms with Crippen LogP contribution < -0.4 is 15.4 Å². The van der Waals surface area contributed by atoms with Crippen molar-refractivity contribution in [1.82, 2.24) is 10.6 Å². The predicted molar refractivity (Wildman–Crippen MR) is 94.9 cm³/mol. The molecule has 0 heterocycles. The second-order valence-corrected chi connectivity index (χ2v) is 5.05. The minimum absolute atomic E-state index is 0. The van der Waals surface area contributed by atoms with Crippen LogP contribution in [0.3, 0.4) is 0 Å². The molecule has 0 aromatic heterocycles. The summed E-state index contributed by atoms with van der Waals surface area (Å²) in [6, 6.07) is 17.9. The Morgan fingerprint density at radius 1 is 1.00 bits per heavy atom. The average molecular weight is 335 g/mol. The molecule has 2 rings (SSSR count). The van der Waals surface area contributed by atoms with E-state index in [9.17, 15) is 4.79 Å². The van der Waals surface area contributed by atoms with Crippen molar-refractivity contribution >= 4 is 18.3 Å². The molecule has 0 bridgehead atoms. The van der Waals surface area contributed by atoms with E-state index in [0.29, 0.717) is 26.1 Å². The average Bonchev–Trinajstić information content (AvgIpc) is 2.58. The van der Waals surface area contributed by atoms with Gasteiger partial charge < -0.3 is 15.4 Å². The molecule has 0 atom stereocenters. The third-order valence-corrected chi connectivity index (χ3v) is 3.26. The molecule has 0 aliphatic carbocycles. The van der Waals surface area contributed by atoms with E-state index in [1.54, 1.807) is 0 Å². The highest BCUT2D eigenvalue weighted by Crippen LogP contribution is 2.14. The Bertz CT molecular complexity index is 573. The topological polar surface area (TPSA) is 50.4 Å². The van der Waals surface area contributed by atoms with Crippen molar-refractivity contribution in [3.05, 3.63) is 65.7 Å². The van der Waals surface area contributed by atoms with Crippen LogP contribution in [0, 0.1) is 0 Å². The molecule has 2 aromatic carbocycles. The molecule has 2 N–H and O–H groups in total. The molecule has 2 aromatic rings. The maximum Gasteiger partial charge on any atom is 0.221 e. The molecule has 0 saturated heterocycles. The zero-order valence-electron chi connectivity index (χ0n) is 13.2. The van der Waals surface area contributed by atoms with Crippen LogP contribution in [-0.4, -0.2) is 19.5 Å². The van der Waals surface area contributed by atoms with Crippen LogP contribution in [0.15, 0.2) is 54.6 Å². The number of benzene rings is 2. The second kappa shape index (κ2) is 10.6. The van der Waals surface area contributed by atoms with Gasteiger partial charge in [-0.05, 0) is 30.3 Å². The monoisotopic (exact) mass is 334 g/mol. The summed E-state index contributed by atoms with van der Waals surface area (Å²) in [7, 11) is 1.83. The molecule has 0 aliphatic heterocycles. The molecule has 1 amide bonds. The second-order valence-electron chi connectivity index (χ2n) is 5.05. The fourth-order valence-electron chi connectivity index (χ4n) is 1.97. The summed E-state index contributed by atoms with van der Waals surface area (Å²) in [5.41, 5.74) is 2.20. The van der Waals surface area contributed by atoms with Crippen LogP contribution >= 0.6 is 12.4 Å². The van der Waals surface area contributed by atoms with Crippen molar-refractivity contribution in [2.45, 2.75) is 19.6 Å². The standard InChI is InChI=1S/C18H22N2O2.ClH/c1-19-12-11-18(21)20-13-15-7-9-17(10-8-15)22-14-16-5-3-2-4-6-16;/h2-10,19H,11-14H2,1H3,(H,20,21);1H. The first-order valence-electron chi connectivity index (χ1n) is 7.45. The van der Waals surface area contributed by atoms with Gasteiger partial charge in [0.1, 0.15) is 12.4 Å². The van der Waals surface area contributed by atoms with Gasteiger partial charge in [0.25, 0.3) is 0 Å². The zero-order valence-corrected chi connectivity index (χ0v) is 14.1. The highest BCUT2D eigenvalue weighted by atomic mass is 35.5. The maximum absolute atomic E-state index is 11.5. The fourth-order valence-corrected chi connectivity index (χ4v) is 1.97. The Hall–Kier alpha value is -2.04. The number of hydrogen-bond acceptors (Lipinski definition) is 3. The quantitative estimate of drug-likeness (QED) is 0.780. The van der Waals surface area contributed by atoms with E-state index in [1.165, 1.54) is 0 Å². The van der Waals surface area contributed by atoms with E-state index in [-0.39, 0.29) is 18.3 Å². The molecule has 0 radical (unpaired) electrons. The van der Waals surface area contributed by atoms with Crippen molar-refractivity contribution in [2.24, 2.45) is 0 Å². The van der Waals surface area contributed by atoms with Gasteiger partial charge in [-0.1, -0.05) is 42.5 Å². The molecule has 0 saturated carbocycles. The minimum atomic E-state index is 0. The molecule has 4 nitrogen and oxygen atoms in total. The number of nitrogens with one attached hydrogen (secondary N) is 2. The normalized spacial score (nSPS) is 9.78. The molecule has 23 heavy (non-hydrogen) atoms. The number of halogens is 1. The van der Waals surface area contributed by atoms with Crippen molar-refractivity contribution in [3.8, 4) is 5.75 Å². The van der Waals surface area contributed by atoms with Gasteiger partial charge in [-0.3, -0.25) is 4.79 Å². The summed E-state index contributed by atoms with van der Waals surface area (Å²) in [6.07, 6.45) is 0.495. The van der Waals surface area contributed by atoms with Crippen LogP contribution in [0.1, 0.15) is 17.5 Å². The zero-order chi connectivity index (χ0) is 15.6. The summed E-state index contributed by atoms with van der Waals surface area (Å²) < 4.78 is 5.73. The Morgan fingerprint density at radius 2 is 1.70 bits per heavy atom. The number of carbonyl (C=O) groups excluding carboxylic acids is 1. The van der Waals surface area contributed by atoms with Gasteiger partial charge in [-0.25, -0.2) is 0 Å². The number of hydrogen-bond donors (Lipinski definition) is 2. The smallest absolute Gasteiger partial charge is 0.221 e. The van der Waals surface area contributed by atoms with E-state index in [2.05, 4.69) is 10.6 Å². The molecule has 0 spiro atoms. The van der Waals surface area contributed by atoms with Gasteiger partial charge in [0.2, 0.25) is 5.91 Å². The van der Waals surface area contributed by atoms with E-state index < -0.39 is 0 Å². The Morgan fingerprint density at radius 3 is 2.35 bits per heavy atom. The number of rotatable bonds is 8. The molecule has 124 valence electrons. The summed E-state index contributed by atoms with van der Waals surface area (Å²) in [6.45, 7) is 1.79. The van der Waals surface area contributed by atoms with Gasteiger partial charge >= 0.3 is 0 Å². The van der Waals surface area contributed by atoms with Gasteiger partial charge in [0.05, 0.1) is 0 Å². The van der Waals surface area contributed by atoms with E-state index >= 15 is 0 Å². The third kappa shape index (κ3) is 7.17. The minimum Gasteiger partial charge on any atom is -0.489 e. The number of ether oxygens (including phenoxy) is 1. The Labute approximate surface area is 143 Å². The lowest BCUT2D eigenvalue weighted by molar-refractivity contribution is -0.121. The van der Waals surface area contributed by atoms with Crippen LogP contribution in [0.25, 0.3) is 0 Å². The predicted octanol–water partition coefficient (Wildman–Crippen LogP) is 2.91. The first-order chi connectivity index (χ1) is 10.8. The third-order valence-electron chi connectivity index (χ3n) is 3.26. The van der Waals surface area contributed by atoms with Crippen LogP contribution in [-0.2, 0) is 17.9 Å². The van der Waals surface area contributed by atoms with Crippen LogP contribution in [0.5, 0.6) is 5.75 Å². The van der Waals surface area contributed by atoms with Crippen molar-refractivity contribution < 1.29 is 9.53 Å². The largest absolute Gasteiger partial charge is 0.489 e. The Kier molecular flexibility index (Phi) is 8.80. The molecular weight excluding hydrogens is 312 g/mol. The van der Waals surface area contributed by atoms with E-state index in [0.717, 1.165) is 16.9 Å². The van der Waals surface area contributed by atoms with Crippen molar-refractivity contribution in [2.75, 3.05) is 13.6 Å². The maximum atomic E-state index is 11.5. The first kappa shape index (κ1) is 19.0. The van der Waals surface area contributed by atoms with E-state index in [1.807, 2.05) is 61.6 Å². The van der Waals surface area contributed by atoms with Gasteiger partial charge in [0.15, 0.2) is 0 Å². The number of amides is 1. The lowest BCUT2D eigenvalue weighted by Crippen LogP contribution is -2.26. The lowest BCUT2D eigenvalue weighted by atomic mass is 10.2. The van der Waals surface area contributed by atoms with Crippen molar-refractivity contribution in [3.63, 3.8) is 0 Å². The molecular formula is C18H23ClN2O2. The summed E-state index contributed by atoms with van der Waals surface area (Å²) >= 11 is 0. The SMILES string of the molecule is CNCCC(=O)NCc1ccc(OCc2ccccc2)cc1.Cl. The fraction of sp³-hybridized carbons (Fsp3) is 0.278. The van der Waals surface area contributed by atoms with E-state index in [4.69, 9.17) is 4.74 Å². The summed E-state index contributed by atoms with van der Waals surface area (Å²) in [5, 5.41) is 5.85. The molecule has 0 fully saturated rings. The van der Waals surface area contributed by atoms with Gasteiger partial charge in [0, 0.05) is 19.5 Å². The highest BCUT2D eigenvalue weighted by Gasteiger charge is 2.01. The van der Waals surface area contributed by atoms with Crippen LogP contribution in [0.2, 0.25) is 0 Å². The molecule has 0 aliphatic rings. The van der Waals surface area contributed by atoms with Crippen molar-refractivity contribution in [1.29, 1.82) is 0 Å². The number of carbonyl (C=O) groups is 1. The highest BCUT2D eigenvalue weighted by molar-refractivity contribution is 5.85. The molecule has 5 heteroatoms. The lowest BCUT2D eigenvalue weighted by Gasteiger charge is -2.08. The first-order valence-corrected chi connectivity index (χ1v) is 7.45. The summed E-state index contributed by atoms with van der Waals surface area (Å²) in [5.74, 6) is 0.882. The van der Waals surface area contributed by atoms with Crippen LogP contribution in [0.4, 0.5) is 0 Å². The molecule has 0 unspecified atom stereocenters. The Balaban J connectivity index is 0.00000264. The van der Waals surface area contributed by atoms with Gasteiger partial charge in [-0.2, -0.15) is 0 Å². The summed E-state index contributed by atoms with van der Waals surface area (Å²) in [4.78, 5) is 11.5. The van der Waals surface area contributed by atoms with Gasteiger partial charge in [-0.15, -0.1) is 12.4 Å².